The summed E-state index contributed by atoms with van der Waals surface area (Å²) in [7, 11) is 1.34. The summed E-state index contributed by atoms with van der Waals surface area (Å²) in [4.78, 5) is 19.2. The molecule has 3 rings (SSSR count). The van der Waals surface area contributed by atoms with Crippen LogP contribution >= 0.6 is 0 Å². The molecule has 0 spiro atoms. The fourth-order valence-electron chi connectivity index (χ4n) is 2.28. The molecule has 19 heavy (non-hydrogen) atoms. The number of fused-ring (bicyclic) bond motifs is 3. The summed E-state index contributed by atoms with van der Waals surface area (Å²) in [6.45, 7) is 1.85. The highest BCUT2D eigenvalue weighted by atomic mass is 16.5. The van der Waals surface area contributed by atoms with Gasteiger partial charge in [-0.1, -0.05) is 0 Å². The van der Waals surface area contributed by atoms with E-state index >= 15 is 0 Å². The van der Waals surface area contributed by atoms with Gasteiger partial charge in [-0.2, -0.15) is 0 Å². The predicted molar refractivity (Wildman–Crippen MR) is 74.1 cm³/mol. The number of hydrogen-bond acceptors (Lipinski definition) is 4. The van der Waals surface area contributed by atoms with Gasteiger partial charge in [-0.3, -0.25) is 0 Å². The van der Waals surface area contributed by atoms with Crippen molar-refractivity contribution in [3.63, 3.8) is 0 Å². The van der Waals surface area contributed by atoms with Crippen LogP contribution in [0.1, 0.15) is 16.2 Å². The number of nitrogens with two attached hydrogens (primary N) is 1. The molecule has 0 saturated heterocycles. The zero-order valence-corrected chi connectivity index (χ0v) is 10.7. The smallest absolute Gasteiger partial charge is 0.356 e. The predicted octanol–water partition coefficient (Wildman–Crippen LogP) is 2.39. The van der Waals surface area contributed by atoms with E-state index in [2.05, 4.69) is 9.97 Å². The molecule has 1 aromatic carbocycles. The van der Waals surface area contributed by atoms with Gasteiger partial charge in [-0.25, -0.2) is 9.78 Å². The van der Waals surface area contributed by atoms with E-state index in [0.29, 0.717) is 11.4 Å². The average molecular weight is 255 g/mol. The number of esters is 1. The van der Waals surface area contributed by atoms with E-state index in [1.54, 1.807) is 6.07 Å². The Morgan fingerprint density at radius 3 is 2.84 bits per heavy atom. The summed E-state index contributed by atoms with van der Waals surface area (Å²) in [5.41, 5.74) is 9.44. The first-order valence-electron chi connectivity index (χ1n) is 5.87. The highest BCUT2D eigenvalue weighted by Crippen LogP contribution is 2.29. The van der Waals surface area contributed by atoms with Crippen LogP contribution < -0.4 is 5.73 Å². The molecule has 0 fully saturated rings. The SMILES string of the molecule is COC(=O)c1cc2c([nH]c3ccc(N)cc32)c(C)n1. The van der Waals surface area contributed by atoms with Crippen molar-refractivity contribution >= 4 is 33.5 Å². The highest BCUT2D eigenvalue weighted by Gasteiger charge is 2.14. The molecule has 0 aliphatic carbocycles. The molecule has 5 heteroatoms. The maximum Gasteiger partial charge on any atom is 0.356 e. The van der Waals surface area contributed by atoms with Crippen LogP contribution in [0.4, 0.5) is 5.69 Å². The van der Waals surface area contributed by atoms with E-state index in [4.69, 9.17) is 10.5 Å². The number of aromatic amines is 1. The molecule has 0 amide bonds. The van der Waals surface area contributed by atoms with Crippen molar-refractivity contribution < 1.29 is 9.53 Å². The Hall–Kier alpha value is -2.56. The van der Waals surface area contributed by atoms with Gasteiger partial charge in [0.25, 0.3) is 0 Å². The third kappa shape index (κ3) is 1.71. The lowest BCUT2D eigenvalue weighted by Crippen LogP contribution is -2.05. The number of carbonyl (C=O) groups excluding carboxylic acids is 1. The molecule has 96 valence electrons. The number of aryl methyl sites for hydroxylation is 1. The average Bonchev–Trinajstić information content (AvgIpc) is 2.76. The van der Waals surface area contributed by atoms with Gasteiger partial charge >= 0.3 is 5.97 Å². The lowest BCUT2D eigenvalue weighted by atomic mass is 10.1. The Bertz CT molecular complexity index is 805. The Morgan fingerprint density at radius 2 is 2.11 bits per heavy atom. The van der Waals surface area contributed by atoms with Crippen molar-refractivity contribution in [3.8, 4) is 0 Å². The fourth-order valence-corrected chi connectivity index (χ4v) is 2.28. The van der Waals surface area contributed by atoms with Crippen molar-refractivity contribution in [1.82, 2.24) is 9.97 Å². The molecule has 0 aliphatic heterocycles. The number of methoxy groups -OCH3 is 1. The zero-order valence-electron chi connectivity index (χ0n) is 10.7. The molecule has 3 N–H and O–H groups in total. The lowest BCUT2D eigenvalue weighted by molar-refractivity contribution is 0.0594. The number of carbonyl (C=O) groups is 1. The fraction of sp³-hybridized carbons (Fsp3) is 0.143. The molecule has 0 atom stereocenters. The van der Waals surface area contributed by atoms with Gasteiger partial charge in [0.1, 0.15) is 5.69 Å². The maximum absolute atomic E-state index is 11.6. The number of hydrogen-bond donors (Lipinski definition) is 2. The summed E-state index contributed by atoms with van der Waals surface area (Å²) in [5, 5.41) is 1.90. The van der Waals surface area contributed by atoms with Gasteiger partial charge in [0.15, 0.2) is 0 Å². The summed E-state index contributed by atoms with van der Waals surface area (Å²) in [6.07, 6.45) is 0. The summed E-state index contributed by atoms with van der Waals surface area (Å²) in [6, 6.07) is 7.37. The van der Waals surface area contributed by atoms with Crippen molar-refractivity contribution in [2.24, 2.45) is 0 Å². The summed E-state index contributed by atoms with van der Waals surface area (Å²) in [5.74, 6) is -0.441. The van der Waals surface area contributed by atoms with E-state index in [-0.39, 0.29) is 0 Å². The van der Waals surface area contributed by atoms with Crippen LogP contribution in [0.25, 0.3) is 21.8 Å². The first-order valence-corrected chi connectivity index (χ1v) is 5.87. The number of nitrogens with zero attached hydrogens (tertiary/aromatic N) is 1. The van der Waals surface area contributed by atoms with Gasteiger partial charge in [0.2, 0.25) is 0 Å². The minimum atomic E-state index is -0.441. The van der Waals surface area contributed by atoms with Crippen molar-refractivity contribution in [1.29, 1.82) is 0 Å². The largest absolute Gasteiger partial charge is 0.464 e. The molecule has 0 aliphatic rings. The number of nitrogens with one attached hydrogen (secondary N) is 1. The highest BCUT2D eigenvalue weighted by molar-refractivity contribution is 6.10. The number of aromatic nitrogens is 2. The molecule has 0 unspecified atom stereocenters. The number of rotatable bonds is 1. The van der Waals surface area contributed by atoms with Crippen molar-refractivity contribution in [2.75, 3.05) is 12.8 Å². The van der Waals surface area contributed by atoms with Gasteiger partial charge in [-0.05, 0) is 31.2 Å². The van der Waals surface area contributed by atoms with Crippen molar-refractivity contribution in [3.05, 3.63) is 35.7 Å². The van der Waals surface area contributed by atoms with Crippen LogP contribution in [0.5, 0.6) is 0 Å². The minimum Gasteiger partial charge on any atom is -0.464 e. The van der Waals surface area contributed by atoms with Gasteiger partial charge in [0.05, 0.1) is 18.3 Å². The number of ether oxygens (including phenoxy) is 1. The standard InChI is InChI=1S/C14H13N3O2/c1-7-13-10(6-12(16-7)14(18)19-2)9-5-8(15)3-4-11(9)17-13/h3-6,17H,15H2,1-2H3. The molecular formula is C14H13N3O2. The summed E-state index contributed by atoms with van der Waals surface area (Å²) < 4.78 is 4.72. The first kappa shape index (κ1) is 11.5. The number of pyridine rings is 1. The Labute approximate surface area is 109 Å². The van der Waals surface area contributed by atoms with E-state index in [1.165, 1.54) is 7.11 Å². The van der Waals surface area contributed by atoms with Gasteiger partial charge in [0, 0.05) is 22.0 Å². The number of anilines is 1. The second-order valence-corrected chi connectivity index (χ2v) is 4.44. The third-order valence-corrected chi connectivity index (χ3v) is 3.19. The Morgan fingerprint density at radius 1 is 1.32 bits per heavy atom. The van der Waals surface area contributed by atoms with Crippen LogP contribution in [0.3, 0.4) is 0 Å². The van der Waals surface area contributed by atoms with Gasteiger partial charge in [-0.15, -0.1) is 0 Å². The second-order valence-electron chi connectivity index (χ2n) is 4.44. The second kappa shape index (κ2) is 3.98. The molecule has 0 saturated carbocycles. The monoisotopic (exact) mass is 255 g/mol. The van der Waals surface area contributed by atoms with Crippen LogP contribution in [-0.4, -0.2) is 23.0 Å². The molecule has 0 radical (unpaired) electrons. The van der Waals surface area contributed by atoms with Crippen LogP contribution in [0.2, 0.25) is 0 Å². The van der Waals surface area contributed by atoms with Crippen LogP contribution in [0, 0.1) is 6.92 Å². The zero-order chi connectivity index (χ0) is 13.6. The number of benzene rings is 1. The van der Waals surface area contributed by atoms with Gasteiger partial charge < -0.3 is 15.5 Å². The lowest BCUT2D eigenvalue weighted by Gasteiger charge is -2.01. The topological polar surface area (TPSA) is 81.0 Å². The van der Waals surface area contributed by atoms with Crippen LogP contribution in [-0.2, 0) is 4.74 Å². The number of nitrogen functional groups attached to an aromatic ring is 1. The normalized spacial score (nSPS) is 11.1. The van der Waals surface area contributed by atoms with Crippen LogP contribution in [0.15, 0.2) is 24.3 Å². The molecule has 3 aromatic rings. The van der Waals surface area contributed by atoms with E-state index < -0.39 is 5.97 Å². The Kier molecular flexibility index (Phi) is 2.41. The minimum absolute atomic E-state index is 0.302. The van der Waals surface area contributed by atoms with E-state index in [1.807, 2.05) is 25.1 Å². The Balaban J connectivity index is 2.41. The number of H-pyrrole nitrogens is 1. The van der Waals surface area contributed by atoms with E-state index in [9.17, 15) is 4.79 Å². The quantitative estimate of drug-likeness (QED) is 0.516. The molecule has 2 aromatic heterocycles. The molecular weight excluding hydrogens is 242 g/mol. The third-order valence-electron chi connectivity index (χ3n) is 3.19. The first-order chi connectivity index (χ1) is 9.10. The van der Waals surface area contributed by atoms with E-state index in [0.717, 1.165) is 27.5 Å². The molecule has 2 heterocycles. The van der Waals surface area contributed by atoms with Crippen molar-refractivity contribution in [2.45, 2.75) is 6.92 Å². The maximum atomic E-state index is 11.6. The molecule has 0 bridgehead atoms. The summed E-state index contributed by atoms with van der Waals surface area (Å²) >= 11 is 0. The molecule has 5 nitrogen and oxygen atoms in total.